The highest BCUT2D eigenvalue weighted by atomic mass is 32.2. The summed E-state index contributed by atoms with van der Waals surface area (Å²) in [5, 5.41) is 3.07. The maximum Gasteiger partial charge on any atom is 0.341 e. The van der Waals surface area contributed by atoms with Gasteiger partial charge in [0.15, 0.2) is 6.61 Å². The quantitative estimate of drug-likeness (QED) is 0.429. The van der Waals surface area contributed by atoms with E-state index in [-0.39, 0.29) is 11.0 Å². The molecule has 0 unspecified atom stereocenters. The highest BCUT2D eigenvalue weighted by Gasteiger charge is 2.32. The summed E-state index contributed by atoms with van der Waals surface area (Å²) in [4.78, 5) is 39.3. The summed E-state index contributed by atoms with van der Waals surface area (Å²) in [5.74, 6) is -1.96. The highest BCUT2D eigenvalue weighted by Crippen LogP contribution is 2.40. The summed E-state index contributed by atoms with van der Waals surface area (Å²) in [6.07, 6.45) is 2.15. The second-order valence-electron chi connectivity index (χ2n) is 9.82. The van der Waals surface area contributed by atoms with Crippen molar-refractivity contribution in [1.29, 1.82) is 0 Å². The normalized spacial score (nSPS) is 16.2. The Bertz CT molecular complexity index is 1240. The molecule has 0 spiro atoms. The Balaban J connectivity index is 1.70. The third-order valence-electron chi connectivity index (χ3n) is 5.91. The van der Waals surface area contributed by atoms with Crippen molar-refractivity contribution in [3.05, 3.63) is 46.3 Å². The molecule has 0 saturated heterocycles. The third kappa shape index (κ3) is 7.39. The first-order valence-electron chi connectivity index (χ1n) is 12.3. The van der Waals surface area contributed by atoms with E-state index in [4.69, 9.17) is 9.47 Å². The number of rotatable bonds is 10. The Hall–Kier alpha value is -2.76. The molecule has 1 amide bonds. The fourth-order valence-corrected chi connectivity index (χ4v) is 6.78. The minimum Gasteiger partial charge on any atom is -0.459 e. The predicted octanol–water partition coefficient (Wildman–Crippen LogP) is 3.92. The van der Waals surface area contributed by atoms with Crippen LogP contribution < -0.4 is 10.0 Å². The van der Waals surface area contributed by atoms with Gasteiger partial charge in [-0.3, -0.25) is 9.59 Å². The van der Waals surface area contributed by atoms with Gasteiger partial charge in [-0.25, -0.2) is 13.2 Å². The van der Waals surface area contributed by atoms with Crippen LogP contribution in [-0.2, 0) is 41.9 Å². The lowest BCUT2D eigenvalue weighted by molar-refractivity contribution is -0.150. The zero-order valence-corrected chi connectivity index (χ0v) is 23.3. The van der Waals surface area contributed by atoms with Crippen LogP contribution in [0.1, 0.15) is 61.8 Å². The lowest BCUT2D eigenvalue weighted by Crippen LogP contribution is -2.45. The van der Waals surface area contributed by atoms with Crippen molar-refractivity contribution >= 4 is 44.2 Å². The monoisotopic (exact) mass is 550 g/mol. The van der Waals surface area contributed by atoms with Crippen LogP contribution in [0.5, 0.6) is 0 Å². The summed E-state index contributed by atoms with van der Waals surface area (Å²) < 4.78 is 38.3. The maximum atomic E-state index is 12.8. The number of carbonyl (C=O) groups is 3. The Morgan fingerprint density at radius 2 is 1.78 bits per heavy atom. The van der Waals surface area contributed by atoms with Crippen molar-refractivity contribution in [2.75, 3.05) is 11.9 Å². The molecule has 1 aliphatic carbocycles. The molecule has 0 fully saturated rings. The zero-order chi connectivity index (χ0) is 27.3. The largest absolute Gasteiger partial charge is 0.459 e. The van der Waals surface area contributed by atoms with Crippen molar-refractivity contribution in [2.45, 2.75) is 70.9 Å². The van der Waals surface area contributed by atoms with Gasteiger partial charge in [0.25, 0.3) is 5.91 Å². The number of hydrogen-bond acceptors (Lipinski definition) is 8. The number of hydrogen-bond donors (Lipinski definition) is 2. The van der Waals surface area contributed by atoms with Crippen LogP contribution in [0.15, 0.2) is 35.2 Å². The van der Waals surface area contributed by atoms with Gasteiger partial charge in [0, 0.05) is 4.88 Å². The lowest BCUT2D eigenvalue weighted by Gasteiger charge is -2.20. The molecule has 1 aliphatic rings. The molecule has 0 aliphatic heterocycles. The van der Waals surface area contributed by atoms with Gasteiger partial charge in [-0.05, 0) is 62.6 Å². The number of nitrogens with one attached hydrogen (secondary N) is 2. The van der Waals surface area contributed by atoms with Crippen molar-refractivity contribution in [3.8, 4) is 0 Å². The van der Waals surface area contributed by atoms with Crippen LogP contribution in [0.2, 0.25) is 0 Å². The number of carbonyl (C=O) groups excluding carboxylic acids is 3. The van der Waals surface area contributed by atoms with Gasteiger partial charge < -0.3 is 14.8 Å². The summed E-state index contributed by atoms with van der Waals surface area (Å²) in [6.45, 7) is 8.37. The van der Waals surface area contributed by atoms with E-state index in [2.05, 4.69) is 17.0 Å². The number of sulfonamides is 1. The first-order chi connectivity index (χ1) is 17.4. The molecule has 0 bridgehead atoms. The van der Waals surface area contributed by atoms with Crippen molar-refractivity contribution < 1.29 is 32.3 Å². The van der Waals surface area contributed by atoms with E-state index in [1.165, 1.54) is 23.5 Å². The number of fused-ring (bicyclic) bond motifs is 1. The number of thiophene rings is 1. The molecule has 0 saturated carbocycles. The van der Waals surface area contributed by atoms with E-state index >= 15 is 0 Å². The van der Waals surface area contributed by atoms with E-state index in [9.17, 15) is 22.8 Å². The molecule has 11 heteroatoms. The minimum atomic E-state index is -3.97. The van der Waals surface area contributed by atoms with Crippen LogP contribution in [0.4, 0.5) is 5.00 Å². The summed E-state index contributed by atoms with van der Waals surface area (Å²) in [5.41, 5.74) is 1.26. The molecule has 1 heterocycles. The lowest BCUT2D eigenvalue weighted by atomic mass is 9.88. The average molecular weight is 551 g/mol. The topological polar surface area (TPSA) is 128 Å². The average Bonchev–Trinajstić information content (AvgIpc) is 3.17. The molecule has 1 aromatic heterocycles. The highest BCUT2D eigenvalue weighted by molar-refractivity contribution is 7.89. The third-order valence-corrected chi connectivity index (χ3v) is 8.54. The molecular weight excluding hydrogens is 516 g/mol. The Morgan fingerprint density at radius 1 is 1.11 bits per heavy atom. The second kappa shape index (κ2) is 12.2. The molecule has 1 aromatic carbocycles. The van der Waals surface area contributed by atoms with E-state index in [1.807, 2.05) is 0 Å². The zero-order valence-electron chi connectivity index (χ0n) is 21.7. The predicted molar refractivity (Wildman–Crippen MR) is 141 cm³/mol. The summed E-state index contributed by atoms with van der Waals surface area (Å²) >= 11 is 1.34. The molecule has 37 heavy (non-hydrogen) atoms. The number of benzene rings is 1. The fraction of sp³-hybridized carbons (Fsp3) is 0.500. The Kier molecular flexibility index (Phi) is 9.49. The van der Waals surface area contributed by atoms with Gasteiger partial charge in [-0.15, -0.1) is 11.3 Å². The van der Waals surface area contributed by atoms with Gasteiger partial charge in [0.1, 0.15) is 11.0 Å². The SMILES string of the molecule is CC(C)OC(=O)c1c(NC(=O)COC(=O)[C@@H](NS(=O)(=O)c2ccccc2)C(C)C)sc2c1CC[C@H](C)C2. The van der Waals surface area contributed by atoms with Gasteiger partial charge in [0.2, 0.25) is 10.0 Å². The van der Waals surface area contributed by atoms with Crippen LogP contribution >= 0.6 is 11.3 Å². The minimum absolute atomic E-state index is 0.0167. The molecule has 9 nitrogen and oxygen atoms in total. The molecule has 2 aromatic rings. The molecule has 0 radical (unpaired) electrons. The van der Waals surface area contributed by atoms with E-state index in [0.29, 0.717) is 16.5 Å². The number of amides is 1. The molecule has 2 N–H and O–H groups in total. The Labute approximate surface area is 222 Å². The number of esters is 2. The fourth-order valence-electron chi connectivity index (χ4n) is 4.01. The smallest absolute Gasteiger partial charge is 0.341 e. The van der Waals surface area contributed by atoms with E-state index < -0.39 is 46.4 Å². The maximum absolute atomic E-state index is 12.8. The molecule has 202 valence electrons. The molecule has 2 atom stereocenters. The van der Waals surface area contributed by atoms with Crippen LogP contribution in [-0.4, -0.2) is 45.0 Å². The van der Waals surface area contributed by atoms with Crippen molar-refractivity contribution in [1.82, 2.24) is 4.72 Å². The van der Waals surface area contributed by atoms with Gasteiger partial charge in [-0.2, -0.15) is 4.72 Å². The second-order valence-corrected chi connectivity index (χ2v) is 12.6. The first kappa shape index (κ1) is 28.8. The van der Waals surface area contributed by atoms with Gasteiger partial charge in [-0.1, -0.05) is 39.0 Å². The van der Waals surface area contributed by atoms with Crippen molar-refractivity contribution in [3.63, 3.8) is 0 Å². The van der Waals surface area contributed by atoms with Crippen LogP contribution in [0.25, 0.3) is 0 Å². The van der Waals surface area contributed by atoms with Crippen molar-refractivity contribution in [2.24, 2.45) is 11.8 Å². The first-order valence-corrected chi connectivity index (χ1v) is 14.6. The van der Waals surface area contributed by atoms with Gasteiger partial charge in [0.05, 0.1) is 16.6 Å². The van der Waals surface area contributed by atoms with E-state index in [0.717, 1.165) is 29.7 Å². The van der Waals surface area contributed by atoms with Crippen LogP contribution in [0.3, 0.4) is 0 Å². The molecule has 3 rings (SSSR count). The summed E-state index contributed by atoms with van der Waals surface area (Å²) in [7, 11) is -3.97. The van der Waals surface area contributed by atoms with Crippen LogP contribution in [0, 0.1) is 11.8 Å². The summed E-state index contributed by atoms with van der Waals surface area (Å²) in [6, 6.07) is 6.49. The van der Waals surface area contributed by atoms with Gasteiger partial charge >= 0.3 is 11.9 Å². The molecular formula is C26H34N2O7S2. The standard InChI is InChI=1S/C26H34N2O7S2/c1-15(2)23(28-37(32,33)18-9-7-6-8-10-18)26(31)34-14-21(29)27-24-22(25(30)35-16(3)4)19-12-11-17(5)13-20(19)36-24/h6-10,15-17,23,28H,11-14H2,1-5H3,(H,27,29)/t17-,23-/m0/s1. The van der Waals surface area contributed by atoms with E-state index in [1.54, 1.807) is 45.9 Å². The Morgan fingerprint density at radius 3 is 2.41 bits per heavy atom. The number of ether oxygens (including phenoxy) is 2. The number of anilines is 1.